The summed E-state index contributed by atoms with van der Waals surface area (Å²) in [7, 11) is 0. The van der Waals surface area contributed by atoms with Crippen LogP contribution in [0.25, 0.3) is 0 Å². The SMILES string of the molecule is C[C@@H]1CCN(C(=O)c2cccnc2N2CCOCC2)c2ccccc21. The van der Waals surface area contributed by atoms with Crippen LogP contribution in [0.5, 0.6) is 0 Å². The van der Waals surface area contributed by atoms with E-state index in [-0.39, 0.29) is 5.91 Å². The van der Waals surface area contributed by atoms with E-state index in [1.807, 2.05) is 35.2 Å². The Hall–Kier alpha value is -2.40. The summed E-state index contributed by atoms with van der Waals surface area (Å²) in [5.74, 6) is 1.29. The first-order valence-corrected chi connectivity index (χ1v) is 8.94. The van der Waals surface area contributed by atoms with E-state index in [0.717, 1.165) is 37.6 Å². The lowest BCUT2D eigenvalue weighted by Crippen LogP contribution is -2.40. The second kappa shape index (κ2) is 6.84. The molecule has 1 atom stereocenters. The maximum absolute atomic E-state index is 13.4. The molecule has 0 saturated carbocycles. The zero-order valence-electron chi connectivity index (χ0n) is 14.5. The van der Waals surface area contributed by atoms with Crippen LogP contribution in [0.2, 0.25) is 0 Å². The number of pyridine rings is 1. The van der Waals surface area contributed by atoms with Gasteiger partial charge in [-0.1, -0.05) is 25.1 Å². The monoisotopic (exact) mass is 337 g/mol. The number of aromatic nitrogens is 1. The van der Waals surface area contributed by atoms with Crippen LogP contribution < -0.4 is 9.80 Å². The molecular formula is C20H23N3O2. The van der Waals surface area contributed by atoms with Crippen molar-refractivity contribution in [3.63, 3.8) is 0 Å². The maximum Gasteiger partial charge on any atom is 0.262 e. The summed E-state index contributed by atoms with van der Waals surface area (Å²) in [5, 5.41) is 0. The van der Waals surface area contributed by atoms with Crippen LogP contribution in [-0.2, 0) is 4.74 Å². The van der Waals surface area contributed by atoms with Gasteiger partial charge in [-0.15, -0.1) is 0 Å². The van der Waals surface area contributed by atoms with Gasteiger partial charge in [0.1, 0.15) is 5.82 Å². The lowest BCUT2D eigenvalue weighted by molar-refractivity contribution is 0.0982. The van der Waals surface area contributed by atoms with Crippen LogP contribution in [0.4, 0.5) is 11.5 Å². The molecule has 0 aliphatic carbocycles. The van der Waals surface area contributed by atoms with E-state index in [9.17, 15) is 4.79 Å². The normalized spacial score (nSPS) is 20.3. The maximum atomic E-state index is 13.4. The summed E-state index contributed by atoms with van der Waals surface area (Å²) >= 11 is 0. The highest BCUT2D eigenvalue weighted by molar-refractivity contribution is 6.09. The summed E-state index contributed by atoms with van der Waals surface area (Å²) in [5.41, 5.74) is 2.95. The second-order valence-electron chi connectivity index (χ2n) is 6.68. The fourth-order valence-electron chi connectivity index (χ4n) is 3.70. The zero-order chi connectivity index (χ0) is 17.2. The largest absolute Gasteiger partial charge is 0.378 e. The van der Waals surface area contributed by atoms with Crippen molar-refractivity contribution in [2.45, 2.75) is 19.3 Å². The number of carbonyl (C=O) groups excluding carboxylic acids is 1. The van der Waals surface area contributed by atoms with Gasteiger partial charge in [-0.2, -0.15) is 0 Å². The third-order valence-electron chi connectivity index (χ3n) is 5.12. The molecule has 1 amide bonds. The molecular weight excluding hydrogens is 314 g/mol. The Labute approximate surface area is 148 Å². The molecule has 0 spiro atoms. The third kappa shape index (κ3) is 3.00. The third-order valence-corrected chi connectivity index (χ3v) is 5.12. The van der Waals surface area contributed by atoms with E-state index in [1.54, 1.807) is 6.20 Å². The van der Waals surface area contributed by atoms with Crippen LogP contribution in [-0.4, -0.2) is 43.7 Å². The molecule has 0 bridgehead atoms. The minimum absolute atomic E-state index is 0.0361. The van der Waals surface area contributed by atoms with Gasteiger partial charge < -0.3 is 14.5 Å². The molecule has 2 aromatic rings. The highest BCUT2D eigenvalue weighted by atomic mass is 16.5. The highest BCUT2D eigenvalue weighted by Gasteiger charge is 2.29. The van der Waals surface area contributed by atoms with Crippen LogP contribution in [0.15, 0.2) is 42.6 Å². The Morgan fingerprint density at radius 2 is 1.92 bits per heavy atom. The molecule has 25 heavy (non-hydrogen) atoms. The lowest BCUT2D eigenvalue weighted by atomic mass is 9.91. The van der Waals surface area contributed by atoms with Gasteiger partial charge in [0.15, 0.2) is 0 Å². The van der Waals surface area contributed by atoms with Gasteiger partial charge in [0.2, 0.25) is 0 Å². The van der Waals surface area contributed by atoms with Crippen molar-refractivity contribution < 1.29 is 9.53 Å². The fourth-order valence-corrected chi connectivity index (χ4v) is 3.70. The van der Waals surface area contributed by atoms with E-state index in [2.05, 4.69) is 22.9 Å². The highest BCUT2D eigenvalue weighted by Crippen LogP contribution is 2.36. The summed E-state index contributed by atoms with van der Waals surface area (Å²) < 4.78 is 5.43. The van der Waals surface area contributed by atoms with Crippen molar-refractivity contribution in [3.8, 4) is 0 Å². The molecule has 1 aromatic carbocycles. The summed E-state index contributed by atoms with van der Waals surface area (Å²) in [6.07, 6.45) is 2.74. The molecule has 3 heterocycles. The molecule has 0 N–H and O–H groups in total. The summed E-state index contributed by atoms with van der Waals surface area (Å²) in [4.78, 5) is 21.9. The number of anilines is 2. The molecule has 4 rings (SSSR count). The first-order chi connectivity index (χ1) is 12.3. The Balaban J connectivity index is 1.69. The standard InChI is InChI=1S/C20H23N3O2/c1-15-8-10-23(18-7-3-2-5-16(15)18)20(24)17-6-4-9-21-19(17)22-11-13-25-14-12-22/h2-7,9,15H,8,10-14H2,1H3/t15-/m1/s1. The van der Waals surface area contributed by atoms with Crippen LogP contribution in [0, 0.1) is 0 Å². The van der Waals surface area contributed by atoms with Crippen molar-refractivity contribution in [2.24, 2.45) is 0 Å². The molecule has 130 valence electrons. The number of ether oxygens (including phenoxy) is 1. The topological polar surface area (TPSA) is 45.7 Å². The molecule has 1 saturated heterocycles. The summed E-state index contributed by atoms with van der Waals surface area (Å²) in [6.45, 7) is 5.86. The van der Waals surface area contributed by atoms with Crippen molar-refractivity contribution in [1.82, 2.24) is 4.98 Å². The number of hydrogen-bond acceptors (Lipinski definition) is 4. The van der Waals surface area contributed by atoms with Crippen LogP contribution in [0.3, 0.4) is 0 Å². The van der Waals surface area contributed by atoms with Gasteiger partial charge in [-0.3, -0.25) is 4.79 Å². The zero-order valence-corrected chi connectivity index (χ0v) is 14.5. The number of hydrogen-bond donors (Lipinski definition) is 0. The average Bonchev–Trinajstić information content (AvgIpc) is 2.69. The number of benzene rings is 1. The van der Waals surface area contributed by atoms with E-state index < -0.39 is 0 Å². The van der Waals surface area contributed by atoms with Gasteiger partial charge in [0, 0.05) is 31.5 Å². The van der Waals surface area contributed by atoms with Gasteiger partial charge in [-0.05, 0) is 36.1 Å². The minimum atomic E-state index is 0.0361. The quantitative estimate of drug-likeness (QED) is 0.845. The average molecular weight is 337 g/mol. The second-order valence-corrected chi connectivity index (χ2v) is 6.68. The Morgan fingerprint density at radius 3 is 2.76 bits per heavy atom. The van der Waals surface area contributed by atoms with E-state index in [1.165, 1.54) is 5.56 Å². The molecule has 2 aliphatic rings. The van der Waals surface area contributed by atoms with Gasteiger partial charge in [0.05, 0.1) is 18.8 Å². The molecule has 1 aromatic heterocycles. The smallest absolute Gasteiger partial charge is 0.262 e. The van der Waals surface area contributed by atoms with E-state index >= 15 is 0 Å². The Bertz CT molecular complexity index is 771. The number of rotatable bonds is 2. The number of fused-ring (bicyclic) bond motifs is 1. The molecule has 0 radical (unpaired) electrons. The Morgan fingerprint density at radius 1 is 1.12 bits per heavy atom. The van der Waals surface area contributed by atoms with E-state index in [0.29, 0.717) is 24.7 Å². The first-order valence-electron chi connectivity index (χ1n) is 8.94. The first kappa shape index (κ1) is 16.1. The van der Waals surface area contributed by atoms with Crippen LogP contribution in [0.1, 0.15) is 35.2 Å². The van der Waals surface area contributed by atoms with Crippen LogP contribution >= 0.6 is 0 Å². The molecule has 5 nitrogen and oxygen atoms in total. The number of nitrogens with zero attached hydrogens (tertiary/aromatic N) is 3. The number of carbonyl (C=O) groups is 1. The van der Waals surface area contributed by atoms with E-state index in [4.69, 9.17) is 4.74 Å². The van der Waals surface area contributed by atoms with Gasteiger partial charge >= 0.3 is 0 Å². The molecule has 5 heteroatoms. The fraction of sp³-hybridized carbons (Fsp3) is 0.400. The molecule has 1 fully saturated rings. The predicted octanol–water partition coefficient (Wildman–Crippen LogP) is 3.07. The minimum Gasteiger partial charge on any atom is -0.378 e. The van der Waals surface area contributed by atoms with Crippen molar-refractivity contribution in [3.05, 3.63) is 53.7 Å². The number of para-hydroxylation sites is 1. The van der Waals surface area contributed by atoms with Crippen molar-refractivity contribution >= 4 is 17.4 Å². The van der Waals surface area contributed by atoms with Gasteiger partial charge in [0.25, 0.3) is 5.91 Å². The van der Waals surface area contributed by atoms with Crippen molar-refractivity contribution in [1.29, 1.82) is 0 Å². The molecule has 2 aliphatic heterocycles. The van der Waals surface area contributed by atoms with Gasteiger partial charge in [-0.25, -0.2) is 4.98 Å². The van der Waals surface area contributed by atoms with Crippen molar-refractivity contribution in [2.75, 3.05) is 42.6 Å². The summed E-state index contributed by atoms with van der Waals surface area (Å²) in [6, 6.07) is 12.0. The molecule has 0 unspecified atom stereocenters. The number of morpholine rings is 1. The lowest BCUT2D eigenvalue weighted by Gasteiger charge is -2.34. The predicted molar refractivity (Wildman–Crippen MR) is 98.4 cm³/mol. The number of amides is 1. The Kier molecular flexibility index (Phi) is 4.40.